The smallest absolute Gasteiger partial charge is 0.251 e. The third kappa shape index (κ3) is 4.18. The molecule has 0 bridgehead atoms. The van der Waals surface area contributed by atoms with Gasteiger partial charge in [0.2, 0.25) is 5.43 Å². The summed E-state index contributed by atoms with van der Waals surface area (Å²) in [7, 11) is 0. The van der Waals surface area contributed by atoms with Crippen molar-refractivity contribution in [1.29, 1.82) is 0 Å². The number of benzene rings is 3. The fourth-order valence-corrected chi connectivity index (χ4v) is 4.14. The number of aromatic hydroxyl groups is 1. The molecule has 7 heteroatoms. The minimum atomic E-state index is -0.361. The van der Waals surface area contributed by atoms with Crippen molar-refractivity contribution in [3.63, 3.8) is 0 Å². The predicted octanol–water partition coefficient (Wildman–Crippen LogP) is 6.50. The summed E-state index contributed by atoms with van der Waals surface area (Å²) in [4.78, 5) is 24.6. The van der Waals surface area contributed by atoms with Crippen LogP contribution in [0.1, 0.15) is 37.0 Å². The van der Waals surface area contributed by atoms with Gasteiger partial charge in [-0.2, -0.15) is 0 Å². The number of carbonyl (C=O) groups excluding carboxylic acids is 1. The Hall–Kier alpha value is -3.02. The Morgan fingerprint density at radius 3 is 2.50 bits per heavy atom. The van der Waals surface area contributed by atoms with Crippen molar-refractivity contribution in [2.75, 3.05) is 0 Å². The number of phenolic OH excluding ortho intramolecular Hbond substituents is 1. The molecule has 1 aliphatic heterocycles. The number of phenols is 1. The van der Waals surface area contributed by atoms with E-state index >= 15 is 0 Å². The van der Waals surface area contributed by atoms with Crippen LogP contribution in [0.4, 0.5) is 0 Å². The van der Waals surface area contributed by atoms with Crippen LogP contribution in [0.25, 0.3) is 33.4 Å². The van der Waals surface area contributed by atoms with E-state index in [4.69, 9.17) is 27.6 Å². The first-order chi connectivity index (χ1) is 15.3. The van der Waals surface area contributed by atoms with E-state index < -0.39 is 0 Å². The maximum Gasteiger partial charge on any atom is 0.251 e. The molecule has 2 aromatic carbocycles. The molecule has 1 atom stereocenters. The second-order valence-corrected chi connectivity index (χ2v) is 8.61. The van der Waals surface area contributed by atoms with E-state index in [0.717, 1.165) is 24.0 Å². The second kappa shape index (κ2) is 8.85. The van der Waals surface area contributed by atoms with E-state index in [0.29, 0.717) is 27.9 Å². The first-order valence-electron chi connectivity index (χ1n) is 10.3. The molecule has 0 saturated carbocycles. The molecule has 0 radical (unpaired) electrons. The van der Waals surface area contributed by atoms with Gasteiger partial charge in [0.15, 0.2) is 0 Å². The summed E-state index contributed by atoms with van der Waals surface area (Å²) in [5.41, 5.74) is 2.69. The number of hydrogen-bond donors (Lipinski definition) is 2. The molecular formula is C25H21Cl2NO4. The average Bonchev–Trinajstić information content (AvgIpc) is 2.75. The molecule has 0 aromatic heterocycles. The molecule has 1 amide bonds. The zero-order chi connectivity index (χ0) is 23.0. The predicted molar refractivity (Wildman–Crippen MR) is 128 cm³/mol. The Labute approximate surface area is 194 Å². The Balaban J connectivity index is 1.87. The van der Waals surface area contributed by atoms with E-state index in [9.17, 15) is 14.7 Å². The molecular weight excluding hydrogens is 449 g/mol. The summed E-state index contributed by atoms with van der Waals surface area (Å²) in [5, 5.41) is 13.9. The monoisotopic (exact) mass is 469 g/mol. The van der Waals surface area contributed by atoms with Crippen LogP contribution < -0.4 is 10.7 Å². The second-order valence-electron chi connectivity index (χ2n) is 7.80. The molecule has 2 aliphatic rings. The zero-order valence-electron chi connectivity index (χ0n) is 17.5. The standard InChI is InChI=1S/C25H21Cl2NO4/c1-3-4-13(2)28-25(31)15-7-5-14(6-8-15)24-16-9-18(26)20(29)11-22(16)32-23-12-21(30)19(27)10-17(23)24/h5-13,29H,3-4H2,1-2H3,(H,28,31). The lowest BCUT2D eigenvalue weighted by atomic mass is 9.93. The lowest BCUT2D eigenvalue weighted by molar-refractivity contribution is 0.0938. The molecule has 32 heavy (non-hydrogen) atoms. The van der Waals surface area contributed by atoms with E-state index in [2.05, 4.69) is 12.2 Å². The third-order valence-corrected chi connectivity index (χ3v) is 5.97. The van der Waals surface area contributed by atoms with Crippen molar-refractivity contribution >= 4 is 40.1 Å². The van der Waals surface area contributed by atoms with E-state index in [1.54, 1.807) is 24.3 Å². The molecule has 1 heterocycles. The summed E-state index contributed by atoms with van der Waals surface area (Å²) < 4.78 is 5.87. The van der Waals surface area contributed by atoms with Gasteiger partial charge in [0, 0.05) is 40.3 Å². The maximum atomic E-state index is 12.5. The van der Waals surface area contributed by atoms with Crippen LogP contribution in [0.2, 0.25) is 10.0 Å². The maximum absolute atomic E-state index is 12.5. The fraction of sp³-hybridized carbons (Fsp3) is 0.200. The summed E-state index contributed by atoms with van der Waals surface area (Å²) in [6.45, 7) is 4.06. The third-order valence-electron chi connectivity index (χ3n) is 5.38. The van der Waals surface area contributed by atoms with Crippen LogP contribution in [0.15, 0.2) is 57.7 Å². The Bertz CT molecular complexity index is 1350. The van der Waals surface area contributed by atoms with Crippen LogP contribution in [0, 0.1) is 0 Å². The minimum absolute atomic E-state index is 0.0686. The Kier molecular flexibility index (Phi) is 6.13. The quantitative estimate of drug-likeness (QED) is 0.327. The molecule has 0 saturated heterocycles. The summed E-state index contributed by atoms with van der Waals surface area (Å²) in [5.74, 6) is 0.0684. The van der Waals surface area contributed by atoms with Gasteiger partial charge in [-0.1, -0.05) is 48.7 Å². The number of rotatable bonds is 5. The summed E-state index contributed by atoms with van der Waals surface area (Å²) >= 11 is 12.3. The number of halogens is 2. The summed E-state index contributed by atoms with van der Waals surface area (Å²) in [6, 6.07) is 13.1. The van der Waals surface area contributed by atoms with Crippen molar-refractivity contribution < 1.29 is 14.3 Å². The molecule has 0 fully saturated rings. The molecule has 164 valence electrons. The molecule has 2 aromatic rings. The first-order valence-corrected chi connectivity index (χ1v) is 11.0. The van der Waals surface area contributed by atoms with Crippen LogP contribution in [0.3, 0.4) is 0 Å². The molecule has 5 nitrogen and oxygen atoms in total. The minimum Gasteiger partial charge on any atom is -0.506 e. The molecule has 4 rings (SSSR count). The van der Waals surface area contributed by atoms with Crippen molar-refractivity contribution in [2.24, 2.45) is 0 Å². The largest absolute Gasteiger partial charge is 0.506 e. The lowest BCUT2D eigenvalue weighted by Crippen LogP contribution is -2.32. The van der Waals surface area contributed by atoms with Crippen LogP contribution in [-0.4, -0.2) is 17.1 Å². The van der Waals surface area contributed by atoms with Gasteiger partial charge in [-0.3, -0.25) is 9.59 Å². The number of fused-ring (bicyclic) bond motifs is 2. The van der Waals surface area contributed by atoms with Gasteiger partial charge < -0.3 is 14.8 Å². The van der Waals surface area contributed by atoms with Gasteiger partial charge in [0.1, 0.15) is 17.1 Å². The zero-order valence-corrected chi connectivity index (χ0v) is 19.1. The van der Waals surface area contributed by atoms with Gasteiger partial charge in [-0.05, 0) is 43.2 Å². The lowest BCUT2D eigenvalue weighted by Gasteiger charge is -2.17. The van der Waals surface area contributed by atoms with E-state index in [-0.39, 0.29) is 33.2 Å². The highest BCUT2D eigenvalue weighted by Gasteiger charge is 2.20. The van der Waals surface area contributed by atoms with Gasteiger partial charge in [-0.25, -0.2) is 0 Å². The molecule has 1 unspecified atom stereocenters. The van der Waals surface area contributed by atoms with Gasteiger partial charge >= 0.3 is 0 Å². The van der Waals surface area contributed by atoms with E-state index in [1.165, 1.54) is 12.1 Å². The van der Waals surface area contributed by atoms with E-state index in [1.807, 2.05) is 19.1 Å². The average molecular weight is 470 g/mol. The number of hydrogen-bond acceptors (Lipinski definition) is 4. The van der Waals surface area contributed by atoms with Crippen LogP contribution in [0.5, 0.6) is 5.75 Å². The van der Waals surface area contributed by atoms with Crippen molar-refractivity contribution in [3.05, 3.63) is 74.4 Å². The highest BCUT2D eigenvalue weighted by Crippen LogP contribution is 2.43. The number of amides is 1. The normalized spacial score (nSPS) is 12.2. The first kappa shape index (κ1) is 22.2. The Morgan fingerprint density at radius 1 is 1.09 bits per heavy atom. The highest BCUT2D eigenvalue weighted by atomic mass is 35.5. The molecule has 2 N–H and O–H groups in total. The summed E-state index contributed by atoms with van der Waals surface area (Å²) in [6.07, 6.45) is 1.90. The Morgan fingerprint density at radius 2 is 1.81 bits per heavy atom. The van der Waals surface area contributed by atoms with Crippen LogP contribution in [-0.2, 0) is 0 Å². The molecule has 1 aliphatic carbocycles. The van der Waals surface area contributed by atoms with Gasteiger partial charge in [0.05, 0.1) is 10.0 Å². The van der Waals surface area contributed by atoms with Crippen molar-refractivity contribution in [3.8, 4) is 28.2 Å². The highest BCUT2D eigenvalue weighted by molar-refractivity contribution is 6.33. The van der Waals surface area contributed by atoms with Gasteiger partial charge in [-0.15, -0.1) is 0 Å². The van der Waals surface area contributed by atoms with Crippen LogP contribution >= 0.6 is 23.2 Å². The molecule has 0 spiro atoms. The van der Waals surface area contributed by atoms with Gasteiger partial charge in [0.25, 0.3) is 5.91 Å². The van der Waals surface area contributed by atoms with Crippen molar-refractivity contribution in [1.82, 2.24) is 5.32 Å². The topological polar surface area (TPSA) is 79.5 Å². The number of nitrogens with one attached hydrogen (secondary N) is 1. The fourth-order valence-electron chi connectivity index (χ4n) is 3.81. The van der Waals surface area contributed by atoms with Crippen molar-refractivity contribution in [2.45, 2.75) is 32.7 Å². The number of carbonyl (C=O) groups is 1. The SMILES string of the molecule is CCCC(C)NC(=O)c1ccc(-c2c3cc(Cl)c(=O)cc-3oc3cc(O)c(Cl)cc23)cc1.